The van der Waals surface area contributed by atoms with E-state index in [1.807, 2.05) is 0 Å². The molecule has 3 N–H and O–H groups in total. The van der Waals surface area contributed by atoms with E-state index in [0.29, 0.717) is 12.0 Å². The summed E-state index contributed by atoms with van der Waals surface area (Å²) in [5, 5.41) is 0. The van der Waals surface area contributed by atoms with Gasteiger partial charge in [-0.1, -0.05) is 18.2 Å². The molecule has 1 aromatic rings. The van der Waals surface area contributed by atoms with Gasteiger partial charge >= 0.3 is 6.18 Å². The SMILES string of the molecule is NNC(Cc1cccc(C(F)(F)F)c1)C1CCS(=O)(=O)C1. The van der Waals surface area contributed by atoms with Crippen LogP contribution < -0.4 is 11.3 Å². The molecule has 4 nitrogen and oxygen atoms in total. The van der Waals surface area contributed by atoms with Gasteiger partial charge in [0.1, 0.15) is 0 Å². The van der Waals surface area contributed by atoms with E-state index in [1.165, 1.54) is 6.07 Å². The predicted octanol–water partition coefficient (Wildman–Crippen LogP) is 1.51. The van der Waals surface area contributed by atoms with Crippen LogP contribution in [0.1, 0.15) is 17.5 Å². The van der Waals surface area contributed by atoms with E-state index in [0.717, 1.165) is 12.1 Å². The molecule has 2 atom stereocenters. The van der Waals surface area contributed by atoms with E-state index >= 15 is 0 Å². The molecule has 2 unspecified atom stereocenters. The Balaban J connectivity index is 2.12. The number of alkyl halides is 3. The number of benzene rings is 1. The number of hydrazine groups is 1. The van der Waals surface area contributed by atoms with Gasteiger partial charge in [0, 0.05) is 6.04 Å². The molecule has 0 amide bonds. The molecule has 0 aliphatic carbocycles. The summed E-state index contributed by atoms with van der Waals surface area (Å²) in [5.74, 6) is 5.41. The third-order valence-electron chi connectivity index (χ3n) is 3.76. The lowest BCUT2D eigenvalue weighted by Gasteiger charge is -2.22. The van der Waals surface area contributed by atoms with Crippen LogP contribution in [0.5, 0.6) is 0 Å². The molecule has 0 aromatic heterocycles. The van der Waals surface area contributed by atoms with Gasteiger partial charge in [-0.25, -0.2) is 8.42 Å². The summed E-state index contributed by atoms with van der Waals surface area (Å²) < 4.78 is 61.0. The Bertz CT molecular complexity index is 602. The maximum atomic E-state index is 12.7. The van der Waals surface area contributed by atoms with Crippen LogP contribution in [0.2, 0.25) is 0 Å². The highest BCUT2D eigenvalue weighted by molar-refractivity contribution is 7.91. The molecular weight excluding hydrogens is 305 g/mol. The van der Waals surface area contributed by atoms with Crippen molar-refractivity contribution in [2.75, 3.05) is 11.5 Å². The number of nitrogens with two attached hydrogens (primary N) is 1. The summed E-state index contributed by atoms with van der Waals surface area (Å²) in [6.45, 7) is 0. The zero-order valence-electron chi connectivity index (χ0n) is 11.2. The molecule has 1 fully saturated rings. The molecule has 1 heterocycles. The van der Waals surface area contributed by atoms with E-state index < -0.39 is 21.6 Å². The Labute approximate surface area is 121 Å². The van der Waals surface area contributed by atoms with Gasteiger partial charge in [-0.05, 0) is 30.4 Å². The van der Waals surface area contributed by atoms with Gasteiger partial charge in [0.2, 0.25) is 0 Å². The van der Waals surface area contributed by atoms with E-state index in [1.54, 1.807) is 6.07 Å². The van der Waals surface area contributed by atoms with Gasteiger partial charge in [0.05, 0.1) is 17.1 Å². The van der Waals surface area contributed by atoms with Crippen molar-refractivity contribution in [2.45, 2.75) is 25.1 Å². The smallest absolute Gasteiger partial charge is 0.271 e. The number of hydrogen-bond acceptors (Lipinski definition) is 4. The number of sulfone groups is 1. The van der Waals surface area contributed by atoms with Crippen LogP contribution in [0.15, 0.2) is 24.3 Å². The van der Waals surface area contributed by atoms with Crippen molar-refractivity contribution in [2.24, 2.45) is 11.8 Å². The Morgan fingerprint density at radius 2 is 2.10 bits per heavy atom. The Morgan fingerprint density at radius 3 is 2.62 bits per heavy atom. The van der Waals surface area contributed by atoms with Gasteiger partial charge in [-0.2, -0.15) is 13.2 Å². The van der Waals surface area contributed by atoms with Crippen LogP contribution >= 0.6 is 0 Å². The molecule has 1 aromatic carbocycles. The van der Waals surface area contributed by atoms with Crippen molar-refractivity contribution in [3.05, 3.63) is 35.4 Å². The number of rotatable bonds is 4. The van der Waals surface area contributed by atoms with Crippen molar-refractivity contribution in [3.8, 4) is 0 Å². The van der Waals surface area contributed by atoms with Crippen molar-refractivity contribution in [3.63, 3.8) is 0 Å². The molecule has 118 valence electrons. The van der Waals surface area contributed by atoms with Crippen LogP contribution in [0.25, 0.3) is 0 Å². The maximum Gasteiger partial charge on any atom is 0.416 e. The lowest BCUT2D eigenvalue weighted by Crippen LogP contribution is -2.43. The molecule has 8 heteroatoms. The van der Waals surface area contributed by atoms with Gasteiger partial charge in [-0.3, -0.25) is 11.3 Å². The fraction of sp³-hybridized carbons (Fsp3) is 0.538. The normalized spacial score (nSPS) is 23.1. The van der Waals surface area contributed by atoms with Crippen molar-refractivity contribution in [1.29, 1.82) is 0 Å². The molecule has 2 rings (SSSR count). The molecule has 0 bridgehead atoms. The summed E-state index contributed by atoms with van der Waals surface area (Å²) in [5.41, 5.74) is 2.31. The van der Waals surface area contributed by atoms with Gasteiger partial charge < -0.3 is 0 Å². The van der Waals surface area contributed by atoms with Gasteiger partial charge in [0.25, 0.3) is 0 Å². The summed E-state index contributed by atoms with van der Waals surface area (Å²) in [6.07, 6.45) is -3.64. The minimum Gasteiger partial charge on any atom is -0.271 e. The van der Waals surface area contributed by atoms with E-state index in [-0.39, 0.29) is 29.9 Å². The standard InChI is InChI=1S/C13H17F3N2O2S/c14-13(15,16)11-3-1-2-9(6-11)7-12(18-17)10-4-5-21(19,20)8-10/h1-3,6,10,12,18H,4-5,7-8,17H2. The van der Waals surface area contributed by atoms with Crippen molar-refractivity contribution >= 4 is 9.84 Å². The average Bonchev–Trinajstić information content (AvgIpc) is 2.75. The highest BCUT2D eigenvalue weighted by Gasteiger charge is 2.34. The third kappa shape index (κ3) is 4.18. The fourth-order valence-corrected chi connectivity index (χ4v) is 4.51. The van der Waals surface area contributed by atoms with Crippen LogP contribution in [-0.2, 0) is 22.4 Å². The number of halogens is 3. The number of nitrogens with one attached hydrogen (secondary N) is 1. The second kappa shape index (κ2) is 5.94. The first-order valence-corrected chi connectivity index (χ1v) is 8.36. The predicted molar refractivity (Wildman–Crippen MR) is 73.0 cm³/mol. The Morgan fingerprint density at radius 1 is 1.38 bits per heavy atom. The van der Waals surface area contributed by atoms with Gasteiger partial charge in [0.15, 0.2) is 9.84 Å². The molecule has 0 spiro atoms. The molecule has 1 aliphatic heterocycles. The zero-order chi connectivity index (χ0) is 15.7. The van der Waals surface area contributed by atoms with E-state index in [4.69, 9.17) is 5.84 Å². The summed E-state index contributed by atoms with van der Waals surface area (Å²) in [4.78, 5) is 0. The van der Waals surface area contributed by atoms with Crippen LogP contribution in [0, 0.1) is 5.92 Å². The summed E-state index contributed by atoms with van der Waals surface area (Å²) in [6, 6.07) is 4.66. The monoisotopic (exact) mass is 322 g/mol. The third-order valence-corrected chi connectivity index (χ3v) is 5.55. The maximum absolute atomic E-state index is 12.7. The molecule has 0 radical (unpaired) electrons. The lowest BCUT2D eigenvalue weighted by atomic mass is 9.93. The van der Waals surface area contributed by atoms with E-state index in [2.05, 4.69) is 5.43 Å². The largest absolute Gasteiger partial charge is 0.416 e. The lowest BCUT2D eigenvalue weighted by molar-refractivity contribution is -0.137. The second-order valence-electron chi connectivity index (χ2n) is 5.34. The molecule has 1 saturated heterocycles. The quantitative estimate of drug-likeness (QED) is 0.651. The van der Waals surface area contributed by atoms with Crippen molar-refractivity contribution < 1.29 is 21.6 Å². The van der Waals surface area contributed by atoms with E-state index in [9.17, 15) is 21.6 Å². The minimum absolute atomic E-state index is 0.0286. The van der Waals surface area contributed by atoms with Crippen LogP contribution in [-0.4, -0.2) is 26.0 Å². The highest BCUT2D eigenvalue weighted by Crippen LogP contribution is 2.30. The summed E-state index contributed by atoms with van der Waals surface area (Å²) in [7, 11) is -3.05. The van der Waals surface area contributed by atoms with Gasteiger partial charge in [-0.15, -0.1) is 0 Å². The van der Waals surface area contributed by atoms with Crippen LogP contribution in [0.4, 0.5) is 13.2 Å². The number of hydrogen-bond donors (Lipinski definition) is 2. The molecular formula is C13H17F3N2O2S. The molecule has 0 saturated carbocycles. The molecule has 21 heavy (non-hydrogen) atoms. The highest BCUT2D eigenvalue weighted by atomic mass is 32.2. The first-order chi connectivity index (χ1) is 9.71. The first-order valence-electron chi connectivity index (χ1n) is 6.54. The zero-order valence-corrected chi connectivity index (χ0v) is 12.0. The first kappa shape index (κ1) is 16.3. The fourth-order valence-electron chi connectivity index (χ4n) is 2.63. The van der Waals surface area contributed by atoms with Crippen LogP contribution in [0.3, 0.4) is 0 Å². The Hall–Kier alpha value is -1.12. The topological polar surface area (TPSA) is 72.2 Å². The summed E-state index contributed by atoms with van der Waals surface area (Å²) >= 11 is 0. The minimum atomic E-state index is -4.39. The second-order valence-corrected chi connectivity index (χ2v) is 7.57. The Kier molecular flexibility index (Phi) is 4.60. The van der Waals surface area contributed by atoms with Crippen molar-refractivity contribution in [1.82, 2.24) is 5.43 Å². The molecule has 1 aliphatic rings. The average molecular weight is 322 g/mol.